The van der Waals surface area contributed by atoms with Gasteiger partial charge in [0.25, 0.3) is 0 Å². The summed E-state index contributed by atoms with van der Waals surface area (Å²) in [6.07, 6.45) is 3.90. The highest BCUT2D eigenvalue weighted by molar-refractivity contribution is 5.81. The molecule has 17 heavy (non-hydrogen) atoms. The maximum absolute atomic E-state index is 9.78. The van der Waals surface area contributed by atoms with E-state index in [0.717, 1.165) is 16.9 Å². The molecule has 0 aliphatic rings. The Kier molecular flexibility index (Phi) is 3.09. The van der Waals surface area contributed by atoms with Gasteiger partial charge in [-0.25, -0.2) is 9.97 Å². The highest BCUT2D eigenvalue weighted by Gasteiger charge is 2.11. The number of nitrogens with zero attached hydrogens (tertiary/aromatic N) is 2. The van der Waals surface area contributed by atoms with Gasteiger partial charge in [0.05, 0.1) is 16.9 Å². The van der Waals surface area contributed by atoms with Crippen molar-refractivity contribution in [3.63, 3.8) is 0 Å². The van der Waals surface area contributed by atoms with E-state index in [2.05, 4.69) is 23.8 Å². The van der Waals surface area contributed by atoms with E-state index in [1.54, 1.807) is 12.1 Å². The molecule has 2 aromatic rings. The fourth-order valence-corrected chi connectivity index (χ4v) is 1.79. The number of para-hydroxylation sites is 1. The predicted molar refractivity (Wildman–Crippen MR) is 70.0 cm³/mol. The molecule has 1 aromatic heterocycles. The lowest BCUT2D eigenvalue weighted by atomic mass is 10.1. The summed E-state index contributed by atoms with van der Waals surface area (Å²) >= 11 is 0. The number of aromatic hydroxyl groups is 1. The van der Waals surface area contributed by atoms with Gasteiger partial charge in [-0.3, -0.25) is 0 Å². The third kappa shape index (κ3) is 2.13. The summed E-state index contributed by atoms with van der Waals surface area (Å²) in [6.45, 7) is 6.10. The van der Waals surface area contributed by atoms with E-state index in [9.17, 15) is 5.11 Å². The van der Waals surface area contributed by atoms with Crippen LogP contribution in [-0.2, 0) is 0 Å². The third-order valence-electron chi connectivity index (χ3n) is 2.60. The Labute approximate surface area is 101 Å². The minimum absolute atomic E-state index is 0.184. The van der Waals surface area contributed by atoms with Crippen LogP contribution in [0.15, 0.2) is 24.3 Å². The lowest BCUT2D eigenvalue weighted by Crippen LogP contribution is -2.00. The van der Waals surface area contributed by atoms with E-state index < -0.39 is 0 Å². The number of phenolic OH excluding ortho intramolecular Hbond substituents is 1. The fourth-order valence-electron chi connectivity index (χ4n) is 1.79. The molecule has 1 heterocycles. The number of hydrogen-bond acceptors (Lipinski definition) is 3. The van der Waals surface area contributed by atoms with Crippen LogP contribution in [0.1, 0.15) is 38.1 Å². The normalized spacial score (nSPS) is 11.8. The first-order valence-electron chi connectivity index (χ1n) is 5.75. The number of fused-ring (bicyclic) bond motifs is 1. The molecular formula is C14H16N2O. The zero-order valence-corrected chi connectivity index (χ0v) is 10.3. The molecule has 0 atom stereocenters. The molecule has 3 nitrogen and oxygen atoms in total. The highest BCUT2D eigenvalue weighted by Crippen LogP contribution is 2.25. The van der Waals surface area contributed by atoms with Crippen molar-refractivity contribution in [2.75, 3.05) is 0 Å². The first-order valence-corrected chi connectivity index (χ1v) is 5.75. The first-order chi connectivity index (χ1) is 8.13. The van der Waals surface area contributed by atoms with Crippen LogP contribution in [0.3, 0.4) is 0 Å². The van der Waals surface area contributed by atoms with E-state index in [1.807, 2.05) is 25.1 Å². The maximum Gasteiger partial charge on any atom is 0.143 e. The molecule has 0 saturated heterocycles. The van der Waals surface area contributed by atoms with Crippen LogP contribution in [0.25, 0.3) is 17.1 Å². The minimum Gasteiger partial charge on any atom is -0.506 e. The molecule has 0 aliphatic heterocycles. The van der Waals surface area contributed by atoms with Crippen molar-refractivity contribution >= 4 is 17.1 Å². The second-order valence-corrected chi connectivity index (χ2v) is 4.29. The average molecular weight is 228 g/mol. The SMILES string of the molecule is C/C=C\c1nc2cccc(O)c2nc1C(C)C. The van der Waals surface area contributed by atoms with Crippen LogP contribution in [0, 0.1) is 0 Å². The Morgan fingerprint density at radius 3 is 2.65 bits per heavy atom. The first kappa shape index (κ1) is 11.6. The molecule has 0 unspecified atom stereocenters. The van der Waals surface area contributed by atoms with Crippen LogP contribution in [-0.4, -0.2) is 15.1 Å². The predicted octanol–water partition coefficient (Wildman–Crippen LogP) is 3.49. The summed E-state index contributed by atoms with van der Waals surface area (Å²) in [5.74, 6) is 0.460. The molecule has 1 N–H and O–H groups in total. The van der Waals surface area contributed by atoms with Crippen LogP contribution in [0.4, 0.5) is 0 Å². The molecule has 0 radical (unpaired) electrons. The molecule has 0 amide bonds. The van der Waals surface area contributed by atoms with E-state index in [4.69, 9.17) is 0 Å². The van der Waals surface area contributed by atoms with E-state index in [-0.39, 0.29) is 11.7 Å². The standard InChI is InChI=1S/C14H16N2O/c1-4-6-10-13(9(2)3)16-14-11(15-10)7-5-8-12(14)17/h4-9,17H,1-3H3/b6-4-. The Morgan fingerprint density at radius 2 is 2.00 bits per heavy atom. The van der Waals surface area contributed by atoms with Gasteiger partial charge in [-0.05, 0) is 31.1 Å². The number of phenols is 1. The molecule has 0 aliphatic carbocycles. The summed E-state index contributed by atoms with van der Waals surface area (Å²) in [5, 5.41) is 9.78. The molecule has 0 fully saturated rings. The largest absolute Gasteiger partial charge is 0.506 e. The van der Waals surface area contributed by atoms with Gasteiger partial charge in [-0.15, -0.1) is 0 Å². The minimum atomic E-state index is 0.184. The van der Waals surface area contributed by atoms with Crippen molar-refractivity contribution in [1.82, 2.24) is 9.97 Å². The van der Waals surface area contributed by atoms with Crippen LogP contribution < -0.4 is 0 Å². The second kappa shape index (κ2) is 4.53. The molecular weight excluding hydrogens is 212 g/mol. The number of rotatable bonds is 2. The van der Waals surface area contributed by atoms with Crippen molar-refractivity contribution in [3.05, 3.63) is 35.7 Å². The Hall–Kier alpha value is -1.90. The van der Waals surface area contributed by atoms with E-state index in [1.165, 1.54) is 0 Å². The number of hydrogen-bond donors (Lipinski definition) is 1. The molecule has 0 saturated carbocycles. The number of allylic oxidation sites excluding steroid dienone is 1. The molecule has 1 aromatic carbocycles. The number of aromatic nitrogens is 2. The van der Waals surface area contributed by atoms with Gasteiger partial charge in [-0.2, -0.15) is 0 Å². The van der Waals surface area contributed by atoms with Crippen LogP contribution in [0.2, 0.25) is 0 Å². The Balaban J connectivity index is 2.77. The van der Waals surface area contributed by atoms with Crippen LogP contribution >= 0.6 is 0 Å². The van der Waals surface area contributed by atoms with Gasteiger partial charge in [-0.1, -0.05) is 26.0 Å². The van der Waals surface area contributed by atoms with Crippen molar-refractivity contribution in [3.8, 4) is 5.75 Å². The van der Waals surface area contributed by atoms with E-state index in [0.29, 0.717) is 5.52 Å². The lowest BCUT2D eigenvalue weighted by molar-refractivity contribution is 0.480. The van der Waals surface area contributed by atoms with Gasteiger partial charge in [0.2, 0.25) is 0 Å². The summed E-state index contributed by atoms with van der Waals surface area (Å²) in [7, 11) is 0. The molecule has 88 valence electrons. The second-order valence-electron chi connectivity index (χ2n) is 4.29. The summed E-state index contributed by atoms with van der Waals surface area (Å²) in [5.41, 5.74) is 3.09. The Morgan fingerprint density at radius 1 is 1.24 bits per heavy atom. The van der Waals surface area contributed by atoms with Gasteiger partial charge >= 0.3 is 0 Å². The number of benzene rings is 1. The molecule has 3 heteroatoms. The monoisotopic (exact) mass is 228 g/mol. The molecule has 0 spiro atoms. The zero-order valence-electron chi connectivity index (χ0n) is 10.3. The highest BCUT2D eigenvalue weighted by atomic mass is 16.3. The average Bonchev–Trinajstić information content (AvgIpc) is 2.29. The topological polar surface area (TPSA) is 46.0 Å². The molecule has 0 bridgehead atoms. The third-order valence-corrected chi connectivity index (χ3v) is 2.60. The van der Waals surface area contributed by atoms with Crippen molar-refractivity contribution in [2.45, 2.75) is 26.7 Å². The van der Waals surface area contributed by atoms with Gasteiger partial charge in [0.15, 0.2) is 0 Å². The summed E-state index contributed by atoms with van der Waals surface area (Å²) in [6, 6.07) is 5.27. The lowest BCUT2D eigenvalue weighted by Gasteiger charge is -2.10. The van der Waals surface area contributed by atoms with Crippen molar-refractivity contribution in [1.29, 1.82) is 0 Å². The van der Waals surface area contributed by atoms with Crippen LogP contribution in [0.5, 0.6) is 5.75 Å². The maximum atomic E-state index is 9.78. The Bertz CT molecular complexity index is 574. The van der Waals surface area contributed by atoms with Gasteiger partial charge in [0, 0.05) is 0 Å². The van der Waals surface area contributed by atoms with Crippen molar-refractivity contribution in [2.24, 2.45) is 0 Å². The van der Waals surface area contributed by atoms with E-state index >= 15 is 0 Å². The zero-order chi connectivity index (χ0) is 12.4. The summed E-state index contributed by atoms with van der Waals surface area (Å²) in [4.78, 5) is 9.07. The molecule has 2 rings (SSSR count). The quantitative estimate of drug-likeness (QED) is 0.855. The smallest absolute Gasteiger partial charge is 0.143 e. The van der Waals surface area contributed by atoms with Gasteiger partial charge < -0.3 is 5.11 Å². The van der Waals surface area contributed by atoms with Gasteiger partial charge in [0.1, 0.15) is 11.3 Å². The fraction of sp³-hybridized carbons (Fsp3) is 0.286. The van der Waals surface area contributed by atoms with Crippen molar-refractivity contribution < 1.29 is 5.11 Å². The summed E-state index contributed by atoms with van der Waals surface area (Å²) < 4.78 is 0.